The van der Waals surface area contributed by atoms with E-state index in [0.29, 0.717) is 0 Å². The normalized spacial score (nSPS) is 50.7. The fraction of sp³-hybridized carbons (Fsp3) is 1.00. The smallest absolute Gasteiger partial charge is 0.0546 e. The number of hydrogen-bond donors (Lipinski definition) is 0. The van der Waals surface area contributed by atoms with Crippen molar-refractivity contribution < 1.29 is 0 Å². The zero-order chi connectivity index (χ0) is 20.2. The van der Waals surface area contributed by atoms with E-state index in [2.05, 4.69) is 47.7 Å². The Morgan fingerprint density at radius 3 is 1.71 bits per heavy atom. The van der Waals surface area contributed by atoms with Gasteiger partial charge in [0.15, 0.2) is 0 Å². The fourth-order valence-electron chi connectivity index (χ4n) is 10.2. The Labute approximate surface area is 178 Å². The Balaban J connectivity index is 1.58. The van der Waals surface area contributed by atoms with E-state index >= 15 is 0 Å². The molecular weight excluding hydrogens is 352 g/mol. The van der Waals surface area contributed by atoms with Crippen molar-refractivity contribution in [3.63, 3.8) is 0 Å². The molecule has 0 bridgehead atoms. The van der Waals surface area contributed by atoms with Crippen molar-refractivity contribution in [3.05, 3.63) is 0 Å². The van der Waals surface area contributed by atoms with E-state index < -0.39 is 8.07 Å². The topological polar surface area (TPSA) is 0 Å². The van der Waals surface area contributed by atoms with Crippen molar-refractivity contribution in [2.75, 3.05) is 0 Å². The van der Waals surface area contributed by atoms with E-state index in [4.69, 9.17) is 0 Å². The van der Waals surface area contributed by atoms with Gasteiger partial charge < -0.3 is 0 Å². The van der Waals surface area contributed by atoms with Crippen LogP contribution < -0.4 is 0 Å². The van der Waals surface area contributed by atoms with E-state index in [9.17, 15) is 0 Å². The van der Waals surface area contributed by atoms with Gasteiger partial charge in [-0.2, -0.15) is 0 Å². The molecule has 0 radical (unpaired) electrons. The molecule has 0 aromatic carbocycles. The van der Waals surface area contributed by atoms with Crippen LogP contribution in [0.15, 0.2) is 0 Å². The molecule has 0 heterocycles. The van der Waals surface area contributed by atoms with E-state index in [1.54, 1.807) is 38.5 Å². The molecule has 4 saturated carbocycles. The van der Waals surface area contributed by atoms with E-state index in [0.717, 1.165) is 64.3 Å². The molecule has 162 valence electrons. The first-order valence-corrected chi connectivity index (χ1v) is 16.4. The molecule has 0 N–H and O–H groups in total. The predicted molar refractivity (Wildman–Crippen MR) is 126 cm³/mol. The Morgan fingerprint density at radius 1 is 0.536 bits per heavy atom. The standard InChI is InChI=1S/C27H50Si/c1-17-16-25-23(22-12-9-8-10-13-22)14-11-15-24(25)26(17)28(6,7)27-20(4)18(2)19(3)21(27)5/h17-27H,8-16H2,1-7H3. The predicted octanol–water partition coefficient (Wildman–Crippen LogP) is 8.65. The molecule has 4 aliphatic rings. The summed E-state index contributed by atoms with van der Waals surface area (Å²) in [5, 5.41) is 0. The van der Waals surface area contributed by atoms with Gasteiger partial charge in [0, 0.05) is 0 Å². The molecule has 0 spiro atoms. The third-order valence-electron chi connectivity index (χ3n) is 11.5. The average Bonchev–Trinajstić information content (AvgIpc) is 3.12. The highest BCUT2D eigenvalue weighted by molar-refractivity contribution is 6.80. The van der Waals surface area contributed by atoms with Crippen molar-refractivity contribution in [3.8, 4) is 0 Å². The molecule has 0 nitrogen and oxygen atoms in total. The molecular formula is C27H50Si. The zero-order valence-electron chi connectivity index (χ0n) is 20.2. The Kier molecular flexibility index (Phi) is 6.16. The summed E-state index contributed by atoms with van der Waals surface area (Å²) in [7, 11) is -1.30. The van der Waals surface area contributed by atoms with Gasteiger partial charge in [0.05, 0.1) is 8.07 Å². The minimum Gasteiger partial charge on any atom is -0.0689 e. The summed E-state index contributed by atoms with van der Waals surface area (Å²) >= 11 is 0. The maximum atomic E-state index is 2.85. The molecule has 0 amide bonds. The Morgan fingerprint density at radius 2 is 1.11 bits per heavy atom. The lowest BCUT2D eigenvalue weighted by atomic mass is 9.65. The van der Waals surface area contributed by atoms with E-state index in [-0.39, 0.29) is 0 Å². The van der Waals surface area contributed by atoms with Crippen LogP contribution in [0.2, 0.25) is 24.2 Å². The second-order valence-corrected chi connectivity index (χ2v) is 17.8. The molecule has 0 aliphatic heterocycles. The minimum absolute atomic E-state index is 0.931. The van der Waals surface area contributed by atoms with E-state index in [1.807, 2.05) is 0 Å². The van der Waals surface area contributed by atoms with Gasteiger partial charge in [0.2, 0.25) is 0 Å². The summed E-state index contributed by atoms with van der Waals surface area (Å²) < 4.78 is 0. The van der Waals surface area contributed by atoms with Crippen molar-refractivity contribution in [1.29, 1.82) is 0 Å². The van der Waals surface area contributed by atoms with Gasteiger partial charge in [-0.1, -0.05) is 92.7 Å². The van der Waals surface area contributed by atoms with Gasteiger partial charge in [-0.3, -0.25) is 0 Å². The first kappa shape index (κ1) is 21.4. The largest absolute Gasteiger partial charge is 0.0689 e. The molecule has 4 rings (SSSR count). The molecule has 4 aliphatic carbocycles. The van der Waals surface area contributed by atoms with Crippen LogP contribution in [0.1, 0.15) is 92.4 Å². The van der Waals surface area contributed by atoms with Gasteiger partial charge in [-0.15, -0.1) is 0 Å². The summed E-state index contributed by atoms with van der Waals surface area (Å²) in [6.07, 6.45) is 14.0. The molecule has 1 heteroatoms. The Hall–Kier alpha value is 0.217. The highest BCUT2D eigenvalue weighted by Gasteiger charge is 2.58. The summed E-state index contributed by atoms with van der Waals surface area (Å²) in [4.78, 5) is 0. The van der Waals surface area contributed by atoms with E-state index in [1.165, 1.54) is 19.3 Å². The van der Waals surface area contributed by atoms with Crippen LogP contribution in [-0.2, 0) is 0 Å². The molecule has 0 aromatic heterocycles. The second kappa shape index (κ2) is 8.05. The number of rotatable bonds is 3. The summed E-state index contributed by atoms with van der Waals surface area (Å²) in [5.41, 5.74) is 2.16. The fourth-order valence-corrected chi connectivity index (χ4v) is 17.1. The lowest BCUT2D eigenvalue weighted by Crippen LogP contribution is -2.46. The third kappa shape index (κ3) is 3.38. The van der Waals surface area contributed by atoms with Crippen molar-refractivity contribution in [1.82, 2.24) is 0 Å². The Bertz CT molecular complexity index is 518. The molecule has 4 fully saturated rings. The first-order valence-electron chi connectivity index (χ1n) is 13.2. The van der Waals surface area contributed by atoms with Crippen LogP contribution >= 0.6 is 0 Å². The number of hydrogen-bond acceptors (Lipinski definition) is 0. The molecule has 28 heavy (non-hydrogen) atoms. The minimum atomic E-state index is -1.30. The van der Waals surface area contributed by atoms with Crippen LogP contribution in [0.5, 0.6) is 0 Å². The van der Waals surface area contributed by atoms with Gasteiger partial charge in [-0.25, -0.2) is 0 Å². The maximum absolute atomic E-state index is 2.85. The zero-order valence-corrected chi connectivity index (χ0v) is 21.2. The van der Waals surface area contributed by atoms with Gasteiger partial charge in [0.1, 0.15) is 0 Å². The summed E-state index contributed by atoms with van der Waals surface area (Å²) in [6.45, 7) is 18.8. The SMILES string of the molecule is CC1CC2C(C3CCCCC3)CCCC2C1[Si](C)(C)C1C(C)C(C)C(C)C1C. The third-order valence-corrected chi connectivity index (χ3v) is 17.0. The summed E-state index contributed by atoms with van der Waals surface area (Å²) in [5.74, 6) is 9.18. The highest BCUT2D eigenvalue weighted by Crippen LogP contribution is 2.65. The lowest BCUT2D eigenvalue weighted by Gasteiger charge is -2.48. The van der Waals surface area contributed by atoms with Crippen molar-refractivity contribution in [2.24, 2.45) is 53.3 Å². The molecule has 0 aromatic rings. The van der Waals surface area contributed by atoms with Crippen LogP contribution in [-0.4, -0.2) is 8.07 Å². The van der Waals surface area contributed by atoms with Crippen LogP contribution in [0.3, 0.4) is 0 Å². The van der Waals surface area contributed by atoms with Crippen LogP contribution in [0, 0.1) is 53.3 Å². The second-order valence-electron chi connectivity index (χ2n) is 12.8. The molecule has 9 unspecified atom stereocenters. The summed E-state index contributed by atoms with van der Waals surface area (Å²) in [6, 6.07) is 0. The highest BCUT2D eigenvalue weighted by atomic mass is 28.3. The van der Waals surface area contributed by atoms with Crippen molar-refractivity contribution >= 4 is 8.07 Å². The average molecular weight is 403 g/mol. The maximum Gasteiger partial charge on any atom is 0.0546 e. The van der Waals surface area contributed by atoms with Gasteiger partial charge in [0.25, 0.3) is 0 Å². The monoisotopic (exact) mass is 402 g/mol. The van der Waals surface area contributed by atoms with Crippen LogP contribution in [0.25, 0.3) is 0 Å². The quantitative estimate of drug-likeness (QED) is 0.414. The van der Waals surface area contributed by atoms with Gasteiger partial charge in [-0.05, 0) is 77.2 Å². The molecule has 0 saturated heterocycles. The lowest BCUT2D eigenvalue weighted by molar-refractivity contribution is 0.0978. The van der Waals surface area contributed by atoms with Crippen LogP contribution in [0.4, 0.5) is 0 Å². The first-order chi connectivity index (χ1) is 13.2. The van der Waals surface area contributed by atoms with Gasteiger partial charge >= 0.3 is 0 Å². The van der Waals surface area contributed by atoms with Crippen molar-refractivity contribution in [2.45, 2.75) is 117 Å². The number of fused-ring (bicyclic) bond motifs is 1. The molecule has 9 atom stereocenters.